The van der Waals surface area contributed by atoms with E-state index in [0.29, 0.717) is 6.04 Å². The first-order chi connectivity index (χ1) is 11.1. The highest BCUT2D eigenvalue weighted by atomic mass is 16.1. The molecule has 1 amide bonds. The van der Waals surface area contributed by atoms with Crippen LogP contribution in [-0.2, 0) is 0 Å². The van der Waals surface area contributed by atoms with Crippen LogP contribution in [0.3, 0.4) is 0 Å². The van der Waals surface area contributed by atoms with Gasteiger partial charge in [-0.25, -0.2) is 0 Å². The first kappa shape index (κ1) is 15.6. The number of aryl methyl sites for hydroxylation is 1. The predicted octanol–water partition coefficient (Wildman–Crippen LogP) is 4.31. The summed E-state index contributed by atoms with van der Waals surface area (Å²) in [6.45, 7) is 2.07. The molecule has 1 saturated carbocycles. The Labute approximate surface area is 137 Å². The molecule has 0 unspecified atom stereocenters. The van der Waals surface area contributed by atoms with Gasteiger partial charge in [0, 0.05) is 17.3 Å². The van der Waals surface area contributed by atoms with Crippen LogP contribution in [0.15, 0.2) is 42.5 Å². The maximum Gasteiger partial charge on any atom is 0.251 e. The molecule has 2 aromatic rings. The van der Waals surface area contributed by atoms with Gasteiger partial charge in [-0.1, -0.05) is 37.5 Å². The summed E-state index contributed by atoms with van der Waals surface area (Å²) in [6, 6.07) is 14.0. The monoisotopic (exact) mass is 308 g/mol. The van der Waals surface area contributed by atoms with Gasteiger partial charge in [0.2, 0.25) is 0 Å². The number of carbonyl (C=O) groups excluding carboxylic acids is 1. The molecule has 0 atom stereocenters. The average molecular weight is 308 g/mol. The van der Waals surface area contributed by atoms with E-state index in [1.54, 1.807) is 0 Å². The Hall–Kier alpha value is -2.29. The van der Waals surface area contributed by atoms with Crippen molar-refractivity contribution < 1.29 is 4.79 Å². The number of benzene rings is 2. The molecule has 3 heteroatoms. The number of hydrogen-bond donors (Lipinski definition) is 2. The van der Waals surface area contributed by atoms with Gasteiger partial charge >= 0.3 is 0 Å². The highest BCUT2D eigenvalue weighted by Crippen LogP contribution is 2.26. The fraction of sp³-hybridized carbons (Fsp3) is 0.350. The van der Waals surface area contributed by atoms with Gasteiger partial charge in [0.25, 0.3) is 5.91 Å². The van der Waals surface area contributed by atoms with E-state index in [1.165, 1.54) is 24.8 Å². The van der Waals surface area contributed by atoms with Crippen molar-refractivity contribution in [1.82, 2.24) is 5.32 Å². The molecule has 3 nitrogen and oxygen atoms in total. The molecule has 0 aromatic heterocycles. The SMILES string of the molecule is Cc1ccc(N)cc1-c1ccc(C(=O)NC2CCCCC2)cc1. The number of nitrogen functional groups attached to an aromatic ring is 1. The third-order valence-electron chi connectivity index (χ3n) is 4.66. The van der Waals surface area contributed by atoms with Crippen LogP contribution in [0, 0.1) is 6.92 Å². The van der Waals surface area contributed by atoms with Crippen molar-refractivity contribution in [2.45, 2.75) is 45.1 Å². The second kappa shape index (κ2) is 6.86. The maximum absolute atomic E-state index is 12.4. The largest absolute Gasteiger partial charge is 0.399 e. The third-order valence-corrected chi connectivity index (χ3v) is 4.66. The van der Waals surface area contributed by atoms with Gasteiger partial charge in [-0.2, -0.15) is 0 Å². The highest BCUT2D eigenvalue weighted by molar-refractivity contribution is 5.95. The molecule has 1 aliphatic rings. The second-order valence-electron chi connectivity index (χ2n) is 6.46. The molecule has 0 bridgehead atoms. The Bertz CT molecular complexity index is 685. The Kier molecular flexibility index (Phi) is 4.65. The zero-order valence-corrected chi connectivity index (χ0v) is 13.6. The number of anilines is 1. The smallest absolute Gasteiger partial charge is 0.251 e. The summed E-state index contributed by atoms with van der Waals surface area (Å²) in [7, 11) is 0. The number of nitrogens with one attached hydrogen (secondary N) is 1. The molecule has 3 N–H and O–H groups in total. The Morgan fingerprint density at radius 3 is 2.43 bits per heavy atom. The van der Waals surface area contributed by atoms with Gasteiger partial charge in [-0.15, -0.1) is 0 Å². The van der Waals surface area contributed by atoms with Gasteiger partial charge in [0.15, 0.2) is 0 Å². The van der Waals surface area contributed by atoms with Crippen molar-refractivity contribution in [3.05, 3.63) is 53.6 Å². The van der Waals surface area contributed by atoms with Crippen molar-refractivity contribution in [3.63, 3.8) is 0 Å². The lowest BCUT2D eigenvalue weighted by molar-refractivity contribution is 0.0928. The van der Waals surface area contributed by atoms with Crippen molar-refractivity contribution in [3.8, 4) is 11.1 Å². The molecule has 0 heterocycles. The van der Waals surface area contributed by atoms with Crippen LogP contribution in [-0.4, -0.2) is 11.9 Å². The van der Waals surface area contributed by atoms with E-state index in [2.05, 4.69) is 12.2 Å². The first-order valence-electron chi connectivity index (χ1n) is 8.41. The van der Waals surface area contributed by atoms with Crippen LogP contribution in [0.4, 0.5) is 5.69 Å². The van der Waals surface area contributed by atoms with Gasteiger partial charge in [0.05, 0.1) is 0 Å². The highest BCUT2D eigenvalue weighted by Gasteiger charge is 2.16. The molecule has 2 aromatic carbocycles. The summed E-state index contributed by atoms with van der Waals surface area (Å²) in [5, 5.41) is 3.16. The number of hydrogen-bond acceptors (Lipinski definition) is 2. The topological polar surface area (TPSA) is 55.1 Å². The van der Waals surface area contributed by atoms with E-state index in [0.717, 1.165) is 35.2 Å². The Morgan fingerprint density at radius 1 is 1.04 bits per heavy atom. The number of amides is 1. The predicted molar refractivity (Wildman–Crippen MR) is 95.4 cm³/mol. The number of carbonyl (C=O) groups is 1. The van der Waals surface area contributed by atoms with Crippen molar-refractivity contribution in [1.29, 1.82) is 0 Å². The van der Waals surface area contributed by atoms with Crippen molar-refractivity contribution >= 4 is 11.6 Å². The fourth-order valence-corrected chi connectivity index (χ4v) is 3.27. The number of nitrogens with two attached hydrogens (primary N) is 1. The number of rotatable bonds is 3. The summed E-state index contributed by atoms with van der Waals surface area (Å²) < 4.78 is 0. The van der Waals surface area contributed by atoms with Gasteiger partial charge in [-0.3, -0.25) is 4.79 Å². The van der Waals surface area contributed by atoms with E-state index >= 15 is 0 Å². The van der Waals surface area contributed by atoms with Gasteiger partial charge in [-0.05, 0) is 60.7 Å². The van der Waals surface area contributed by atoms with E-state index < -0.39 is 0 Å². The summed E-state index contributed by atoms with van der Waals surface area (Å²) in [4.78, 5) is 12.4. The third kappa shape index (κ3) is 3.73. The molecule has 23 heavy (non-hydrogen) atoms. The normalized spacial score (nSPS) is 15.3. The Morgan fingerprint density at radius 2 is 1.74 bits per heavy atom. The molecular formula is C20H24N2O. The van der Waals surface area contributed by atoms with Gasteiger partial charge < -0.3 is 11.1 Å². The summed E-state index contributed by atoms with van der Waals surface area (Å²) in [5.74, 6) is 0.0350. The van der Waals surface area contributed by atoms with Gasteiger partial charge in [0.1, 0.15) is 0 Å². The van der Waals surface area contributed by atoms with Crippen LogP contribution in [0.1, 0.15) is 48.0 Å². The lowest BCUT2D eigenvalue weighted by atomic mass is 9.95. The molecule has 0 radical (unpaired) electrons. The molecular weight excluding hydrogens is 284 g/mol. The van der Waals surface area contributed by atoms with Crippen LogP contribution in [0.2, 0.25) is 0 Å². The minimum Gasteiger partial charge on any atom is -0.399 e. The van der Waals surface area contributed by atoms with Crippen LogP contribution < -0.4 is 11.1 Å². The zero-order chi connectivity index (χ0) is 16.2. The van der Waals surface area contributed by atoms with E-state index in [-0.39, 0.29) is 5.91 Å². The van der Waals surface area contributed by atoms with Crippen LogP contribution in [0.25, 0.3) is 11.1 Å². The van der Waals surface area contributed by atoms with Crippen LogP contribution in [0.5, 0.6) is 0 Å². The van der Waals surface area contributed by atoms with Crippen LogP contribution >= 0.6 is 0 Å². The quantitative estimate of drug-likeness (QED) is 0.830. The van der Waals surface area contributed by atoms with E-state index in [9.17, 15) is 4.79 Å². The maximum atomic E-state index is 12.4. The molecule has 1 fully saturated rings. The second-order valence-corrected chi connectivity index (χ2v) is 6.46. The molecule has 3 rings (SSSR count). The van der Waals surface area contributed by atoms with Crippen molar-refractivity contribution in [2.75, 3.05) is 5.73 Å². The fourth-order valence-electron chi connectivity index (χ4n) is 3.27. The van der Waals surface area contributed by atoms with E-state index in [4.69, 9.17) is 5.73 Å². The molecule has 0 saturated heterocycles. The molecule has 0 spiro atoms. The standard InChI is InChI=1S/C20H24N2O/c1-14-7-12-17(21)13-19(14)15-8-10-16(11-9-15)20(23)22-18-5-3-2-4-6-18/h7-13,18H,2-6,21H2,1H3,(H,22,23). The Balaban J connectivity index is 1.73. The molecule has 1 aliphatic carbocycles. The van der Waals surface area contributed by atoms with Crippen molar-refractivity contribution in [2.24, 2.45) is 0 Å². The summed E-state index contributed by atoms with van der Waals surface area (Å²) in [6.07, 6.45) is 5.94. The minimum absolute atomic E-state index is 0.0350. The average Bonchev–Trinajstić information content (AvgIpc) is 2.58. The minimum atomic E-state index is 0.0350. The van der Waals surface area contributed by atoms with E-state index in [1.807, 2.05) is 42.5 Å². The lowest BCUT2D eigenvalue weighted by Crippen LogP contribution is -2.36. The molecule has 120 valence electrons. The first-order valence-corrected chi connectivity index (χ1v) is 8.41. The molecule has 0 aliphatic heterocycles. The summed E-state index contributed by atoms with van der Waals surface area (Å²) >= 11 is 0. The summed E-state index contributed by atoms with van der Waals surface area (Å²) in [5.41, 5.74) is 10.7. The lowest BCUT2D eigenvalue weighted by Gasteiger charge is -2.22. The zero-order valence-electron chi connectivity index (χ0n) is 13.6.